The molecule has 0 bridgehead atoms. The fourth-order valence-electron chi connectivity index (χ4n) is 2.17. The molecule has 1 aliphatic carbocycles. The third-order valence-corrected chi connectivity index (χ3v) is 2.93. The molecule has 1 aliphatic rings. The Morgan fingerprint density at radius 1 is 1.53 bits per heavy atom. The summed E-state index contributed by atoms with van der Waals surface area (Å²) in [4.78, 5) is 10.6. The standard InChI is InChI=1S/C12H15NO2/c13-11-3-1-2-9-5-4-8(6-10(9)11)7-12(14)15/h4-6,11H,1-3,7,13H2,(H,14,15)/t11-/m0/s1. The van der Waals surface area contributed by atoms with E-state index in [2.05, 4.69) is 0 Å². The molecule has 0 aliphatic heterocycles. The zero-order valence-electron chi connectivity index (χ0n) is 8.57. The minimum Gasteiger partial charge on any atom is -0.481 e. The maximum Gasteiger partial charge on any atom is 0.307 e. The summed E-state index contributed by atoms with van der Waals surface area (Å²) in [5.41, 5.74) is 9.26. The molecule has 0 amide bonds. The number of carboxylic acids is 1. The van der Waals surface area contributed by atoms with E-state index in [0.717, 1.165) is 30.4 Å². The number of carbonyl (C=O) groups is 1. The van der Waals surface area contributed by atoms with E-state index in [-0.39, 0.29) is 12.5 Å². The smallest absolute Gasteiger partial charge is 0.307 e. The molecule has 15 heavy (non-hydrogen) atoms. The summed E-state index contributed by atoms with van der Waals surface area (Å²) in [5.74, 6) is -0.792. The maximum absolute atomic E-state index is 10.6. The summed E-state index contributed by atoms with van der Waals surface area (Å²) in [5, 5.41) is 8.71. The van der Waals surface area contributed by atoms with Crippen LogP contribution in [0.3, 0.4) is 0 Å². The molecule has 3 nitrogen and oxygen atoms in total. The van der Waals surface area contributed by atoms with Crippen LogP contribution in [0.2, 0.25) is 0 Å². The molecule has 1 aromatic carbocycles. The Labute approximate surface area is 88.9 Å². The minimum absolute atomic E-state index is 0.0833. The van der Waals surface area contributed by atoms with E-state index in [0.29, 0.717) is 0 Å². The van der Waals surface area contributed by atoms with Crippen LogP contribution in [0.4, 0.5) is 0 Å². The molecule has 80 valence electrons. The Morgan fingerprint density at radius 2 is 2.33 bits per heavy atom. The lowest BCUT2D eigenvalue weighted by Crippen LogP contribution is -2.17. The largest absolute Gasteiger partial charge is 0.481 e. The Morgan fingerprint density at radius 3 is 3.07 bits per heavy atom. The summed E-state index contributed by atoms with van der Waals surface area (Å²) >= 11 is 0. The van der Waals surface area contributed by atoms with Gasteiger partial charge in [-0.2, -0.15) is 0 Å². The molecule has 1 atom stereocenters. The van der Waals surface area contributed by atoms with Crippen LogP contribution in [-0.2, 0) is 17.6 Å². The molecule has 3 N–H and O–H groups in total. The molecule has 0 spiro atoms. The lowest BCUT2D eigenvalue weighted by Gasteiger charge is -2.22. The zero-order valence-corrected chi connectivity index (χ0v) is 8.57. The number of nitrogens with two attached hydrogens (primary N) is 1. The van der Waals surface area contributed by atoms with Gasteiger partial charge in [-0.15, -0.1) is 0 Å². The van der Waals surface area contributed by atoms with Gasteiger partial charge in [0, 0.05) is 6.04 Å². The summed E-state index contributed by atoms with van der Waals surface area (Å²) in [7, 11) is 0. The number of aliphatic carboxylic acids is 1. The lowest BCUT2D eigenvalue weighted by atomic mass is 9.87. The maximum atomic E-state index is 10.6. The van der Waals surface area contributed by atoms with Crippen LogP contribution in [0.15, 0.2) is 18.2 Å². The van der Waals surface area contributed by atoms with Crippen LogP contribution in [0.25, 0.3) is 0 Å². The number of rotatable bonds is 2. The number of aryl methyl sites for hydroxylation is 1. The molecule has 3 heteroatoms. The summed E-state index contributed by atoms with van der Waals surface area (Å²) in [6.45, 7) is 0. The molecular weight excluding hydrogens is 190 g/mol. The fourth-order valence-corrected chi connectivity index (χ4v) is 2.17. The molecule has 0 unspecified atom stereocenters. The van der Waals surface area contributed by atoms with E-state index >= 15 is 0 Å². The van der Waals surface area contributed by atoms with Gasteiger partial charge in [-0.1, -0.05) is 18.2 Å². The number of hydrogen-bond donors (Lipinski definition) is 2. The predicted molar refractivity (Wildman–Crippen MR) is 57.6 cm³/mol. The SMILES string of the molecule is N[C@H]1CCCc2ccc(CC(=O)O)cc21. The number of carboxylic acid groups (broad SMARTS) is 1. The molecule has 0 fully saturated rings. The Hall–Kier alpha value is -1.35. The van der Waals surface area contributed by atoms with Gasteiger partial charge < -0.3 is 10.8 Å². The quantitative estimate of drug-likeness (QED) is 0.771. The Bertz CT molecular complexity index is 387. The van der Waals surface area contributed by atoms with Crippen LogP contribution in [0, 0.1) is 0 Å². The average Bonchev–Trinajstić information content (AvgIpc) is 2.18. The Balaban J connectivity index is 2.31. The van der Waals surface area contributed by atoms with Crippen LogP contribution in [0.1, 0.15) is 35.6 Å². The van der Waals surface area contributed by atoms with Crippen LogP contribution in [0.5, 0.6) is 0 Å². The topological polar surface area (TPSA) is 63.3 Å². The van der Waals surface area contributed by atoms with Gasteiger partial charge in [0.1, 0.15) is 0 Å². The highest BCUT2D eigenvalue weighted by Crippen LogP contribution is 2.28. The summed E-state index contributed by atoms with van der Waals surface area (Å²) < 4.78 is 0. The van der Waals surface area contributed by atoms with Gasteiger partial charge in [-0.05, 0) is 36.0 Å². The van der Waals surface area contributed by atoms with E-state index in [1.54, 1.807) is 0 Å². The molecule has 0 aromatic heterocycles. The van der Waals surface area contributed by atoms with Crippen molar-refractivity contribution < 1.29 is 9.90 Å². The molecule has 0 saturated carbocycles. The first-order valence-corrected chi connectivity index (χ1v) is 5.26. The highest BCUT2D eigenvalue weighted by atomic mass is 16.4. The van der Waals surface area contributed by atoms with Crippen molar-refractivity contribution in [3.8, 4) is 0 Å². The van der Waals surface area contributed by atoms with Crippen molar-refractivity contribution in [2.45, 2.75) is 31.7 Å². The molecule has 0 heterocycles. The fraction of sp³-hybridized carbons (Fsp3) is 0.417. The van der Waals surface area contributed by atoms with Crippen molar-refractivity contribution in [1.82, 2.24) is 0 Å². The van der Waals surface area contributed by atoms with E-state index in [1.807, 2.05) is 18.2 Å². The first-order chi connectivity index (χ1) is 7.16. The van der Waals surface area contributed by atoms with Crippen molar-refractivity contribution in [2.24, 2.45) is 5.73 Å². The minimum atomic E-state index is -0.792. The third-order valence-electron chi connectivity index (χ3n) is 2.93. The number of fused-ring (bicyclic) bond motifs is 1. The first kappa shape index (κ1) is 10.2. The van der Waals surface area contributed by atoms with Gasteiger partial charge in [0.05, 0.1) is 6.42 Å². The second kappa shape index (κ2) is 4.03. The first-order valence-electron chi connectivity index (χ1n) is 5.26. The second-order valence-corrected chi connectivity index (χ2v) is 4.10. The van der Waals surface area contributed by atoms with Gasteiger partial charge in [0.2, 0.25) is 0 Å². The van der Waals surface area contributed by atoms with Gasteiger partial charge >= 0.3 is 5.97 Å². The number of hydrogen-bond acceptors (Lipinski definition) is 2. The second-order valence-electron chi connectivity index (χ2n) is 4.10. The van der Waals surface area contributed by atoms with E-state index in [1.165, 1.54) is 5.56 Å². The van der Waals surface area contributed by atoms with Crippen LogP contribution >= 0.6 is 0 Å². The molecule has 0 saturated heterocycles. The molecule has 2 rings (SSSR count). The monoisotopic (exact) mass is 205 g/mol. The summed E-state index contributed by atoms with van der Waals surface area (Å²) in [6, 6.07) is 5.95. The van der Waals surface area contributed by atoms with Crippen LogP contribution in [-0.4, -0.2) is 11.1 Å². The van der Waals surface area contributed by atoms with Gasteiger partial charge in [-0.25, -0.2) is 0 Å². The third kappa shape index (κ3) is 2.18. The van der Waals surface area contributed by atoms with E-state index in [4.69, 9.17) is 10.8 Å². The molecular formula is C12H15NO2. The van der Waals surface area contributed by atoms with Crippen molar-refractivity contribution in [3.05, 3.63) is 34.9 Å². The summed E-state index contributed by atoms with van der Waals surface area (Å²) in [6.07, 6.45) is 3.28. The van der Waals surface area contributed by atoms with Crippen molar-refractivity contribution in [3.63, 3.8) is 0 Å². The van der Waals surface area contributed by atoms with E-state index in [9.17, 15) is 4.79 Å². The predicted octanol–water partition coefficient (Wildman–Crippen LogP) is 1.65. The zero-order chi connectivity index (χ0) is 10.8. The normalized spacial score (nSPS) is 19.7. The highest BCUT2D eigenvalue weighted by molar-refractivity contribution is 5.70. The Kier molecular flexibility index (Phi) is 2.73. The van der Waals surface area contributed by atoms with Crippen LogP contribution < -0.4 is 5.73 Å². The average molecular weight is 205 g/mol. The highest BCUT2D eigenvalue weighted by Gasteiger charge is 2.17. The lowest BCUT2D eigenvalue weighted by molar-refractivity contribution is -0.136. The van der Waals surface area contributed by atoms with Gasteiger partial charge in [0.25, 0.3) is 0 Å². The van der Waals surface area contributed by atoms with Crippen molar-refractivity contribution in [1.29, 1.82) is 0 Å². The van der Waals surface area contributed by atoms with Crippen molar-refractivity contribution in [2.75, 3.05) is 0 Å². The number of benzene rings is 1. The van der Waals surface area contributed by atoms with Gasteiger partial charge in [0.15, 0.2) is 0 Å². The van der Waals surface area contributed by atoms with Gasteiger partial charge in [-0.3, -0.25) is 4.79 Å². The van der Waals surface area contributed by atoms with Crippen molar-refractivity contribution >= 4 is 5.97 Å². The molecule has 0 radical (unpaired) electrons. The molecule has 1 aromatic rings. The van der Waals surface area contributed by atoms with E-state index < -0.39 is 5.97 Å².